The highest BCUT2D eigenvalue weighted by molar-refractivity contribution is 9.10. The fraction of sp³-hybridized carbons (Fsp3) is 0.400. The van der Waals surface area contributed by atoms with Gasteiger partial charge < -0.3 is 10.0 Å². The van der Waals surface area contributed by atoms with Gasteiger partial charge in [-0.05, 0) is 29.8 Å². The average Bonchev–Trinajstić information content (AvgIpc) is 2.25. The molecule has 0 aliphatic rings. The molecule has 0 saturated carbocycles. The first-order valence-electron chi connectivity index (χ1n) is 5.11. The molecule has 0 aliphatic carbocycles. The zero-order chi connectivity index (χ0) is 13.9. The largest absolute Gasteiger partial charge is 0.480 e. The minimum absolute atomic E-state index is 0.0561. The van der Waals surface area contributed by atoms with Crippen LogP contribution in [0.15, 0.2) is 16.7 Å². The number of anilines is 1. The van der Waals surface area contributed by atoms with E-state index in [2.05, 4.69) is 20.9 Å². The van der Waals surface area contributed by atoms with Crippen molar-refractivity contribution in [1.29, 1.82) is 0 Å². The molecule has 0 radical (unpaired) electrons. The van der Waals surface area contributed by atoms with Gasteiger partial charge in [0.05, 0.1) is 4.92 Å². The predicted octanol–water partition coefficient (Wildman–Crippen LogP) is 2.05. The van der Waals surface area contributed by atoms with Gasteiger partial charge in [0.1, 0.15) is 6.54 Å². The van der Waals surface area contributed by atoms with Crippen LogP contribution in [-0.4, -0.2) is 33.6 Å². The number of nitrogens with zero attached hydrogens (tertiary/aromatic N) is 3. The molecular weight excluding hydrogens is 306 g/mol. The molecule has 8 heteroatoms. The Morgan fingerprint density at radius 2 is 2.28 bits per heavy atom. The molecule has 1 aromatic heterocycles. The summed E-state index contributed by atoms with van der Waals surface area (Å²) in [4.78, 5) is 26.5. The first kappa shape index (κ1) is 14.4. The number of carboxylic acid groups (broad SMARTS) is 1. The SMILES string of the molecule is CC(C)N(CC(=O)O)c1ncc(Br)cc1[N+](=O)[O-]. The number of halogens is 1. The average molecular weight is 318 g/mol. The Bertz CT molecular complexity index is 478. The quantitative estimate of drug-likeness (QED) is 0.659. The van der Waals surface area contributed by atoms with Crippen LogP contribution in [0.3, 0.4) is 0 Å². The molecule has 1 heterocycles. The minimum Gasteiger partial charge on any atom is -0.480 e. The third kappa shape index (κ3) is 3.39. The lowest BCUT2D eigenvalue weighted by atomic mass is 10.2. The van der Waals surface area contributed by atoms with Gasteiger partial charge in [-0.25, -0.2) is 4.98 Å². The Hall–Kier alpha value is -1.70. The Labute approximate surface area is 112 Å². The van der Waals surface area contributed by atoms with Gasteiger partial charge in [0.15, 0.2) is 0 Å². The van der Waals surface area contributed by atoms with Crippen LogP contribution in [0.4, 0.5) is 11.5 Å². The van der Waals surface area contributed by atoms with Crippen LogP contribution >= 0.6 is 15.9 Å². The maximum atomic E-state index is 11.0. The summed E-state index contributed by atoms with van der Waals surface area (Å²) in [5.41, 5.74) is -0.223. The van der Waals surface area contributed by atoms with Crippen molar-refractivity contribution < 1.29 is 14.8 Å². The van der Waals surface area contributed by atoms with Gasteiger partial charge in [0.25, 0.3) is 0 Å². The van der Waals surface area contributed by atoms with E-state index in [9.17, 15) is 14.9 Å². The van der Waals surface area contributed by atoms with Crippen molar-refractivity contribution >= 4 is 33.4 Å². The molecule has 1 N–H and O–H groups in total. The standard InChI is InChI=1S/C10H12BrN3O4/c1-6(2)13(5-9(15)16)10-8(14(17)18)3-7(11)4-12-10/h3-4,6H,5H2,1-2H3,(H,15,16). The number of aliphatic carboxylic acids is 1. The summed E-state index contributed by atoms with van der Waals surface area (Å²) >= 11 is 3.10. The normalized spacial score (nSPS) is 10.4. The van der Waals surface area contributed by atoms with Gasteiger partial charge in [0.2, 0.25) is 5.82 Å². The number of pyridine rings is 1. The van der Waals surface area contributed by atoms with E-state index in [1.165, 1.54) is 17.2 Å². The predicted molar refractivity (Wildman–Crippen MR) is 68.7 cm³/mol. The number of rotatable bonds is 5. The lowest BCUT2D eigenvalue weighted by Crippen LogP contribution is -2.36. The zero-order valence-corrected chi connectivity index (χ0v) is 11.4. The van der Waals surface area contributed by atoms with Crippen LogP contribution in [0.1, 0.15) is 13.8 Å². The first-order valence-corrected chi connectivity index (χ1v) is 5.90. The molecule has 18 heavy (non-hydrogen) atoms. The molecule has 0 aliphatic heterocycles. The Morgan fingerprint density at radius 1 is 1.67 bits per heavy atom. The maximum absolute atomic E-state index is 11.0. The Morgan fingerprint density at radius 3 is 2.72 bits per heavy atom. The van der Waals surface area contributed by atoms with Gasteiger partial charge >= 0.3 is 11.7 Å². The van der Waals surface area contributed by atoms with Crippen LogP contribution in [0.25, 0.3) is 0 Å². The van der Waals surface area contributed by atoms with Gasteiger partial charge in [-0.15, -0.1) is 0 Å². The van der Waals surface area contributed by atoms with Gasteiger partial charge in [-0.2, -0.15) is 0 Å². The van der Waals surface area contributed by atoms with E-state index in [4.69, 9.17) is 5.11 Å². The highest BCUT2D eigenvalue weighted by atomic mass is 79.9. The first-order chi connectivity index (χ1) is 8.32. The molecule has 0 atom stereocenters. The molecule has 0 unspecified atom stereocenters. The Balaban J connectivity index is 3.27. The summed E-state index contributed by atoms with van der Waals surface area (Å²) in [6.45, 7) is 3.15. The van der Waals surface area contributed by atoms with Crippen molar-refractivity contribution in [2.45, 2.75) is 19.9 Å². The number of hydrogen-bond donors (Lipinski definition) is 1. The molecule has 0 amide bonds. The number of nitro groups is 1. The third-order valence-electron chi connectivity index (χ3n) is 2.21. The summed E-state index contributed by atoms with van der Waals surface area (Å²) in [5, 5.41) is 19.8. The number of hydrogen-bond acceptors (Lipinski definition) is 5. The van der Waals surface area contributed by atoms with Crippen molar-refractivity contribution in [3.8, 4) is 0 Å². The fourth-order valence-corrected chi connectivity index (χ4v) is 1.74. The van der Waals surface area contributed by atoms with Crippen LogP contribution < -0.4 is 4.90 Å². The molecule has 0 fully saturated rings. The smallest absolute Gasteiger partial charge is 0.323 e. The van der Waals surface area contributed by atoms with Crippen LogP contribution in [0, 0.1) is 10.1 Å². The summed E-state index contributed by atoms with van der Waals surface area (Å²) in [6.07, 6.45) is 1.40. The molecule has 0 saturated heterocycles. The van der Waals surface area contributed by atoms with E-state index >= 15 is 0 Å². The maximum Gasteiger partial charge on any atom is 0.323 e. The van der Waals surface area contributed by atoms with E-state index in [1.54, 1.807) is 13.8 Å². The Kier molecular flexibility index (Phi) is 4.60. The van der Waals surface area contributed by atoms with Crippen LogP contribution in [0.2, 0.25) is 0 Å². The fourth-order valence-electron chi connectivity index (χ4n) is 1.42. The highest BCUT2D eigenvalue weighted by Gasteiger charge is 2.25. The second-order valence-corrected chi connectivity index (χ2v) is 4.78. The summed E-state index contributed by atoms with van der Waals surface area (Å²) in [7, 11) is 0. The van der Waals surface area contributed by atoms with E-state index < -0.39 is 10.9 Å². The summed E-state index contributed by atoms with van der Waals surface area (Å²) in [5.74, 6) is -1.01. The van der Waals surface area contributed by atoms with Gasteiger partial charge in [-0.3, -0.25) is 14.9 Å². The van der Waals surface area contributed by atoms with E-state index in [0.717, 1.165) is 0 Å². The number of carboxylic acids is 1. The summed E-state index contributed by atoms with van der Waals surface area (Å²) < 4.78 is 0.469. The van der Waals surface area contributed by atoms with Crippen molar-refractivity contribution in [2.24, 2.45) is 0 Å². The van der Waals surface area contributed by atoms with Gasteiger partial charge in [-0.1, -0.05) is 0 Å². The van der Waals surface area contributed by atoms with E-state index in [1.807, 2.05) is 0 Å². The molecule has 7 nitrogen and oxygen atoms in total. The third-order valence-corrected chi connectivity index (χ3v) is 2.65. The van der Waals surface area contributed by atoms with E-state index in [-0.39, 0.29) is 24.1 Å². The highest BCUT2D eigenvalue weighted by Crippen LogP contribution is 2.29. The number of aromatic nitrogens is 1. The van der Waals surface area contributed by atoms with E-state index in [0.29, 0.717) is 4.47 Å². The topological polar surface area (TPSA) is 96.6 Å². The molecule has 98 valence electrons. The second kappa shape index (κ2) is 5.76. The van der Waals surface area contributed by atoms with Crippen LogP contribution in [0.5, 0.6) is 0 Å². The van der Waals surface area contributed by atoms with Crippen molar-refractivity contribution in [1.82, 2.24) is 4.98 Å². The molecule has 0 aromatic carbocycles. The second-order valence-electron chi connectivity index (χ2n) is 3.87. The molecule has 0 spiro atoms. The lowest BCUT2D eigenvalue weighted by molar-refractivity contribution is -0.384. The molecule has 1 aromatic rings. The van der Waals surface area contributed by atoms with Crippen molar-refractivity contribution in [3.05, 3.63) is 26.9 Å². The number of carbonyl (C=O) groups is 1. The summed E-state index contributed by atoms with van der Waals surface area (Å²) in [6, 6.07) is 1.09. The molecular formula is C10H12BrN3O4. The monoisotopic (exact) mass is 317 g/mol. The van der Waals surface area contributed by atoms with Gasteiger partial charge in [0, 0.05) is 22.8 Å². The molecule has 1 rings (SSSR count). The van der Waals surface area contributed by atoms with Crippen molar-refractivity contribution in [3.63, 3.8) is 0 Å². The molecule has 0 bridgehead atoms. The lowest BCUT2D eigenvalue weighted by Gasteiger charge is -2.25. The zero-order valence-electron chi connectivity index (χ0n) is 9.83. The van der Waals surface area contributed by atoms with Crippen molar-refractivity contribution in [2.75, 3.05) is 11.4 Å². The minimum atomic E-state index is -1.07. The van der Waals surface area contributed by atoms with Crippen LogP contribution in [-0.2, 0) is 4.79 Å².